The predicted molar refractivity (Wildman–Crippen MR) is 87.3 cm³/mol. The van der Waals surface area contributed by atoms with Crippen LogP contribution in [0.5, 0.6) is 0 Å². The van der Waals surface area contributed by atoms with E-state index in [4.69, 9.17) is 5.11 Å². The van der Waals surface area contributed by atoms with E-state index in [9.17, 15) is 5.11 Å². The summed E-state index contributed by atoms with van der Waals surface area (Å²) < 4.78 is 0. The second-order valence-electron chi connectivity index (χ2n) is 5.46. The zero-order valence-corrected chi connectivity index (χ0v) is 12.5. The van der Waals surface area contributed by atoms with Gasteiger partial charge in [0.25, 0.3) is 0 Å². The topological polar surface area (TPSA) is 52.5 Å². The van der Waals surface area contributed by atoms with E-state index in [1.807, 2.05) is 18.2 Å². The van der Waals surface area contributed by atoms with Crippen molar-refractivity contribution >= 4 is 10.8 Å². The maximum atomic E-state index is 10.2. The van der Waals surface area contributed by atoms with Crippen LogP contribution in [0.2, 0.25) is 0 Å². The fourth-order valence-electron chi connectivity index (χ4n) is 2.49. The molecule has 2 aromatic carbocycles. The molecule has 0 bridgehead atoms. The Morgan fingerprint density at radius 3 is 2.48 bits per heavy atom. The quantitative estimate of drug-likeness (QED) is 0.621. The zero-order chi connectivity index (χ0) is 14.9. The van der Waals surface area contributed by atoms with Gasteiger partial charge >= 0.3 is 0 Å². The molecule has 3 heteroatoms. The number of aliphatic hydroxyl groups excluding tert-OH is 2. The van der Waals surface area contributed by atoms with Crippen molar-refractivity contribution in [2.24, 2.45) is 0 Å². The second-order valence-corrected chi connectivity index (χ2v) is 5.46. The lowest BCUT2D eigenvalue weighted by molar-refractivity contribution is 0.175. The molecular formula is C18H25NO2. The highest BCUT2D eigenvalue weighted by molar-refractivity contribution is 5.83. The Kier molecular flexibility index (Phi) is 6.67. The van der Waals surface area contributed by atoms with Gasteiger partial charge in [-0.05, 0) is 41.8 Å². The average Bonchev–Trinajstić information content (AvgIpc) is 2.53. The molecule has 2 rings (SSSR count). The van der Waals surface area contributed by atoms with E-state index in [0.29, 0.717) is 6.54 Å². The van der Waals surface area contributed by atoms with E-state index in [2.05, 4.69) is 29.6 Å². The maximum Gasteiger partial charge on any atom is 0.0914 e. The fourth-order valence-corrected chi connectivity index (χ4v) is 2.49. The number of rotatable bonds is 9. The minimum atomic E-state index is -0.466. The summed E-state index contributed by atoms with van der Waals surface area (Å²) in [5.74, 6) is 0. The highest BCUT2D eigenvalue weighted by atomic mass is 16.3. The van der Waals surface area contributed by atoms with Crippen molar-refractivity contribution in [1.29, 1.82) is 0 Å². The third kappa shape index (κ3) is 5.12. The van der Waals surface area contributed by atoms with Crippen LogP contribution in [0.25, 0.3) is 10.8 Å². The van der Waals surface area contributed by atoms with Gasteiger partial charge in [-0.1, -0.05) is 49.2 Å². The summed E-state index contributed by atoms with van der Waals surface area (Å²) in [6, 6.07) is 14.3. The summed E-state index contributed by atoms with van der Waals surface area (Å²) in [5, 5.41) is 24.6. The third-order valence-corrected chi connectivity index (χ3v) is 3.76. The number of hydrogen-bond acceptors (Lipinski definition) is 3. The van der Waals surface area contributed by atoms with Gasteiger partial charge in [0, 0.05) is 13.2 Å². The van der Waals surface area contributed by atoms with Crippen LogP contribution < -0.4 is 5.32 Å². The van der Waals surface area contributed by atoms with Crippen LogP contribution in [-0.2, 0) is 0 Å². The Labute approximate surface area is 126 Å². The number of unbranched alkanes of at least 4 members (excludes halogenated alkanes) is 3. The maximum absolute atomic E-state index is 10.2. The molecule has 1 unspecified atom stereocenters. The number of benzene rings is 2. The minimum Gasteiger partial charge on any atom is -0.396 e. The Bertz CT molecular complexity index is 541. The first-order valence-electron chi connectivity index (χ1n) is 7.79. The monoisotopic (exact) mass is 287 g/mol. The first-order chi connectivity index (χ1) is 10.3. The Morgan fingerprint density at radius 1 is 0.905 bits per heavy atom. The molecule has 0 radical (unpaired) electrons. The Balaban J connectivity index is 1.75. The molecule has 3 N–H and O–H groups in total. The van der Waals surface area contributed by atoms with Crippen molar-refractivity contribution in [3.63, 3.8) is 0 Å². The summed E-state index contributed by atoms with van der Waals surface area (Å²) in [4.78, 5) is 0. The van der Waals surface area contributed by atoms with Gasteiger partial charge in [-0.3, -0.25) is 0 Å². The smallest absolute Gasteiger partial charge is 0.0914 e. The minimum absolute atomic E-state index is 0.286. The number of nitrogens with one attached hydrogen (secondary N) is 1. The Hall–Kier alpha value is -1.42. The van der Waals surface area contributed by atoms with E-state index in [-0.39, 0.29) is 6.61 Å². The SMILES string of the molecule is OCCCCCCNCC(O)c1ccc2ccccc2c1. The highest BCUT2D eigenvalue weighted by Crippen LogP contribution is 2.20. The van der Waals surface area contributed by atoms with E-state index >= 15 is 0 Å². The van der Waals surface area contributed by atoms with Gasteiger partial charge in [0.2, 0.25) is 0 Å². The number of hydrogen-bond donors (Lipinski definition) is 3. The van der Waals surface area contributed by atoms with Crippen molar-refractivity contribution in [3.8, 4) is 0 Å². The molecule has 0 aliphatic heterocycles. The van der Waals surface area contributed by atoms with Gasteiger partial charge < -0.3 is 15.5 Å². The van der Waals surface area contributed by atoms with Crippen molar-refractivity contribution in [1.82, 2.24) is 5.32 Å². The number of aliphatic hydroxyl groups is 2. The molecule has 0 aromatic heterocycles. The lowest BCUT2D eigenvalue weighted by atomic mass is 10.0. The average molecular weight is 287 g/mol. The molecule has 0 amide bonds. The molecule has 21 heavy (non-hydrogen) atoms. The third-order valence-electron chi connectivity index (χ3n) is 3.76. The lowest BCUT2D eigenvalue weighted by Crippen LogP contribution is -2.22. The summed E-state index contributed by atoms with van der Waals surface area (Å²) in [7, 11) is 0. The van der Waals surface area contributed by atoms with Crippen LogP contribution in [0, 0.1) is 0 Å². The van der Waals surface area contributed by atoms with Crippen molar-refractivity contribution in [2.75, 3.05) is 19.7 Å². The number of fused-ring (bicyclic) bond motifs is 1. The summed E-state index contributed by atoms with van der Waals surface area (Å²) in [5.41, 5.74) is 0.960. The first-order valence-corrected chi connectivity index (χ1v) is 7.79. The van der Waals surface area contributed by atoms with Crippen LogP contribution in [0.4, 0.5) is 0 Å². The molecular weight excluding hydrogens is 262 g/mol. The van der Waals surface area contributed by atoms with Gasteiger partial charge in [-0.15, -0.1) is 0 Å². The van der Waals surface area contributed by atoms with E-state index in [1.165, 1.54) is 5.39 Å². The predicted octanol–water partition coefficient (Wildman–Crippen LogP) is 3.02. The van der Waals surface area contributed by atoms with E-state index in [0.717, 1.165) is 43.2 Å². The van der Waals surface area contributed by atoms with E-state index in [1.54, 1.807) is 0 Å². The van der Waals surface area contributed by atoms with Gasteiger partial charge in [-0.2, -0.15) is 0 Å². The molecule has 0 heterocycles. The molecule has 3 nitrogen and oxygen atoms in total. The molecule has 0 saturated carbocycles. The fraction of sp³-hybridized carbons (Fsp3) is 0.444. The van der Waals surface area contributed by atoms with Gasteiger partial charge in [0.1, 0.15) is 0 Å². The van der Waals surface area contributed by atoms with Crippen molar-refractivity contribution in [3.05, 3.63) is 48.0 Å². The Morgan fingerprint density at radius 2 is 1.67 bits per heavy atom. The molecule has 0 spiro atoms. The van der Waals surface area contributed by atoms with Gasteiger partial charge in [0.05, 0.1) is 6.10 Å². The molecule has 114 valence electrons. The normalized spacial score (nSPS) is 12.7. The van der Waals surface area contributed by atoms with Crippen LogP contribution in [0.3, 0.4) is 0 Å². The summed E-state index contributed by atoms with van der Waals surface area (Å²) >= 11 is 0. The molecule has 1 atom stereocenters. The first kappa shape index (κ1) is 16.0. The standard InChI is InChI=1S/C18H25NO2/c20-12-6-2-1-5-11-19-14-18(21)17-10-9-15-7-3-4-8-16(15)13-17/h3-4,7-10,13,18-21H,1-2,5-6,11-12,14H2. The van der Waals surface area contributed by atoms with Gasteiger partial charge in [0.15, 0.2) is 0 Å². The lowest BCUT2D eigenvalue weighted by Gasteiger charge is -2.13. The second kappa shape index (κ2) is 8.78. The van der Waals surface area contributed by atoms with Crippen molar-refractivity contribution in [2.45, 2.75) is 31.8 Å². The molecule has 0 aliphatic rings. The molecule has 0 aliphatic carbocycles. The zero-order valence-electron chi connectivity index (χ0n) is 12.5. The molecule has 2 aromatic rings. The van der Waals surface area contributed by atoms with Crippen molar-refractivity contribution < 1.29 is 10.2 Å². The summed E-state index contributed by atoms with van der Waals surface area (Å²) in [6.07, 6.45) is 3.71. The van der Waals surface area contributed by atoms with Crippen LogP contribution >= 0.6 is 0 Å². The van der Waals surface area contributed by atoms with Crippen LogP contribution in [0.15, 0.2) is 42.5 Å². The van der Waals surface area contributed by atoms with E-state index < -0.39 is 6.10 Å². The highest BCUT2D eigenvalue weighted by Gasteiger charge is 2.07. The molecule has 0 fully saturated rings. The van der Waals surface area contributed by atoms with Gasteiger partial charge in [-0.25, -0.2) is 0 Å². The van der Waals surface area contributed by atoms with Crippen LogP contribution in [0.1, 0.15) is 37.4 Å². The summed E-state index contributed by atoms with van der Waals surface area (Å²) in [6.45, 7) is 1.78. The largest absolute Gasteiger partial charge is 0.396 e. The molecule has 0 saturated heterocycles. The van der Waals surface area contributed by atoms with Crippen LogP contribution in [-0.4, -0.2) is 29.9 Å².